The molecule has 0 unspecified atom stereocenters. The first-order valence-corrected chi connectivity index (χ1v) is 13.6. The van der Waals surface area contributed by atoms with Gasteiger partial charge in [0.05, 0.1) is 0 Å². The van der Waals surface area contributed by atoms with Crippen molar-refractivity contribution in [2.75, 3.05) is 0 Å². The Morgan fingerprint density at radius 1 is 0.708 bits per heavy atom. The molecule has 0 aromatic rings. The highest BCUT2D eigenvalue weighted by atomic mass is 28.3. The lowest BCUT2D eigenvalue weighted by atomic mass is 10.0. The summed E-state index contributed by atoms with van der Waals surface area (Å²) in [4.78, 5) is 10.4. The van der Waals surface area contributed by atoms with Gasteiger partial charge in [-0.05, 0) is 12.8 Å². The Morgan fingerprint density at radius 2 is 1.08 bits per heavy atom. The molecule has 0 aromatic carbocycles. The molecule has 0 aliphatic rings. The molecule has 0 aromatic heterocycles. The number of hydrogen-bond acceptors (Lipinski definition) is 1. The summed E-state index contributed by atoms with van der Waals surface area (Å²) in [6.45, 7) is 6.92. The Balaban J connectivity index is 3.12. The maximum Gasteiger partial charge on any atom is 0.303 e. The highest BCUT2D eigenvalue weighted by molar-refractivity contribution is 6.83. The minimum Gasteiger partial charge on any atom is -0.481 e. The van der Waals surface area contributed by atoms with E-state index >= 15 is 0 Å². The lowest BCUT2D eigenvalue weighted by Crippen LogP contribution is -2.16. The van der Waals surface area contributed by atoms with Gasteiger partial charge in [0.25, 0.3) is 0 Å². The zero-order valence-electron chi connectivity index (χ0n) is 16.5. The molecule has 0 spiro atoms. The Hall–Kier alpha value is -0.753. The third-order valence-corrected chi connectivity index (χ3v) is 5.08. The van der Waals surface area contributed by atoms with Crippen LogP contribution in [0.1, 0.15) is 96.3 Å². The number of carbonyl (C=O) groups is 1. The van der Waals surface area contributed by atoms with Crippen molar-refractivity contribution in [2.45, 2.75) is 116 Å². The van der Waals surface area contributed by atoms with Crippen molar-refractivity contribution in [3.63, 3.8) is 0 Å². The fourth-order valence-electron chi connectivity index (χ4n) is 2.76. The molecule has 0 rings (SSSR count). The van der Waals surface area contributed by atoms with Crippen LogP contribution in [-0.4, -0.2) is 19.1 Å². The average molecular weight is 353 g/mol. The summed E-state index contributed by atoms with van der Waals surface area (Å²) in [6, 6.07) is 0. The zero-order valence-corrected chi connectivity index (χ0v) is 17.5. The summed E-state index contributed by atoms with van der Waals surface area (Å²) in [7, 11) is -1.15. The lowest BCUT2D eigenvalue weighted by Gasteiger charge is -2.04. The molecule has 0 radical (unpaired) electrons. The van der Waals surface area contributed by atoms with Gasteiger partial charge >= 0.3 is 5.97 Å². The quantitative estimate of drug-likeness (QED) is 0.200. The molecule has 0 saturated carbocycles. The number of carboxylic acids is 1. The van der Waals surface area contributed by atoms with Gasteiger partial charge in [0, 0.05) is 12.8 Å². The molecule has 0 aliphatic carbocycles. The fraction of sp³-hybridized carbons (Fsp3) is 0.857. The van der Waals surface area contributed by atoms with E-state index in [9.17, 15) is 4.79 Å². The highest BCUT2D eigenvalue weighted by Gasteiger charge is 2.06. The first kappa shape index (κ1) is 23.2. The normalized spacial score (nSPS) is 11.1. The van der Waals surface area contributed by atoms with Gasteiger partial charge in [-0.2, -0.15) is 0 Å². The van der Waals surface area contributed by atoms with E-state index in [1.807, 2.05) is 0 Å². The van der Waals surface area contributed by atoms with Crippen LogP contribution in [0.15, 0.2) is 0 Å². The first-order valence-electron chi connectivity index (χ1n) is 10.1. The topological polar surface area (TPSA) is 37.3 Å². The van der Waals surface area contributed by atoms with E-state index in [0.717, 1.165) is 19.3 Å². The van der Waals surface area contributed by atoms with Crippen molar-refractivity contribution >= 4 is 14.0 Å². The van der Waals surface area contributed by atoms with Crippen molar-refractivity contribution in [1.82, 2.24) is 0 Å². The van der Waals surface area contributed by atoms with Crippen molar-refractivity contribution < 1.29 is 9.90 Å². The Bertz CT molecular complexity index is 360. The molecule has 24 heavy (non-hydrogen) atoms. The summed E-state index contributed by atoms with van der Waals surface area (Å²) in [5.41, 5.74) is 3.44. The summed E-state index contributed by atoms with van der Waals surface area (Å²) in [5.74, 6) is 2.70. The predicted octanol–water partition coefficient (Wildman–Crippen LogP) is 6.80. The molecule has 140 valence electrons. The van der Waals surface area contributed by atoms with Crippen molar-refractivity contribution in [3.8, 4) is 11.5 Å². The largest absolute Gasteiger partial charge is 0.481 e. The molecule has 0 amide bonds. The van der Waals surface area contributed by atoms with Crippen LogP contribution in [0.4, 0.5) is 0 Å². The van der Waals surface area contributed by atoms with Gasteiger partial charge in [-0.3, -0.25) is 4.79 Å². The second kappa shape index (κ2) is 15.8. The smallest absolute Gasteiger partial charge is 0.303 e. The van der Waals surface area contributed by atoms with Crippen LogP contribution in [0.5, 0.6) is 0 Å². The SMILES string of the molecule is C[Si](C)(C)C#CCCCCCCCCCCCCCCCC(=O)O. The van der Waals surface area contributed by atoms with Crippen LogP contribution in [-0.2, 0) is 4.79 Å². The van der Waals surface area contributed by atoms with Gasteiger partial charge in [0.15, 0.2) is 0 Å². The minimum absolute atomic E-state index is 0.338. The summed E-state index contributed by atoms with van der Waals surface area (Å²) in [5, 5.41) is 8.55. The molecule has 3 heteroatoms. The number of aliphatic carboxylic acids is 1. The van der Waals surface area contributed by atoms with E-state index in [1.165, 1.54) is 70.6 Å². The van der Waals surface area contributed by atoms with Gasteiger partial charge in [-0.1, -0.05) is 90.3 Å². The fourth-order valence-corrected chi connectivity index (χ4v) is 3.42. The Morgan fingerprint density at radius 3 is 1.46 bits per heavy atom. The molecule has 0 bridgehead atoms. The van der Waals surface area contributed by atoms with E-state index in [1.54, 1.807) is 0 Å². The van der Waals surface area contributed by atoms with E-state index in [4.69, 9.17) is 5.11 Å². The second-order valence-corrected chi connectivity index (χ2v) is 12.8. The minimum atomic E-state index is -1.15. The van der Waals surface area contributed by atoms with Gasteiger partial charge in [0.2, 0.25) is 0 Å². The van der Waals surface area contributed by atoms with Crippen LogP contribution < -0.4 is 0 Å². The third kappa shape index (κ3) is 21.2. The Kier molecular flexibility index (Phi) is 15.3. The van der Waals surface area contributed by atoms with E-state index in [0.29, 0.717) is 6.42 Å². The maximum absolute atomic E-state index is 10.4. The second-order valence-electron chi connectivity index (χ2n) is 8.04. The molecular formula is C21H40O2Si. The first-order chi connectivity index (χ1) is 11.4. The highest BCUT2D eigenvalue weighted by Crippen LogP contribution is 2.13. The third-order valence-electron chi connectivity index (χ3n) is 4.16. The molecule has 0 fully saturated rings. The predicted molar refractivity (Wildman–Crippen MR) is 108 cm³/mol. The van der Waals surface area contributed by atoms with Crippen molar-refractivity contribution in [2.24, 2.45) is 0 Å². The standard InChI is InChI=1S/C21H40O2Si/c1-24(2,3)20-18-16-14-12-10-8-6-4-5-7-9-11-13-15-17-19-21(22)23/h4-17,19H2,1-3H3,(H,22,23). The van der Waals surface area contributed by atoms with Crippen LogP contribution in [0.2, 0.25) is 19.6 Å². The number of carboxylic acid groups (broad SMARTS) is 1. The lowest BCUT2D eigenvalue weighted by molar-refractivity contribution is -0.137. The van der Waals surface area contributed by atoms with E-state index in [2.05, 4.69) is 31.1 Å². The van der Waals surface area contributed by atoms with Crippen molar-refractivity contribution in [1.29, 1.82) is 0 Å². The van der Waals surface area contributed by atoms with Crippen LogP contribution in [0.3, 0.4) is 0 Å². The Labute approximate surface area is 151 Å². The van der Waals surface area contributed by atoms with E-state index in [-0.39, 0.29) is 0 Å². The van der Waals surface area contributed by atoms with Crippen LogP contribution in [0.25, 0.3) is 0 Å². The summed E-state index contributed by atoms with van der Waals surface area (Å²) < 4.78 is 0. The van der Waals surface area contributed by atoms with Crippen LogP contribution >= 0.6 is 0 Å². The molecule has 1 N–H and O–H groups in total. The molecule has 0 atom stereocenters. The molecule has 2 nitrogen and oxygen atoms in total. The molecule has 0 saturated heterocycles. The van der Waals surface area contributed by atoms with E-state index < -0.39 is 14.0 Å². The van der Waals surface area contributed by atoms with Gasteiger partial charge in [-0.15, -0.1) is 11.5 Å². The van der Waals surface area contributed by atoms with Gasteiger partial charge in [0.1, 0.15) is 8.07 Å². The molecule has 0 heterocycles. The number of hydrogen-bond donors (Lipinski definition) is 1. The monoisotopic (exact) mass is 352 g/mol. The number of unbranched alkanes of at least 4 members (excludes halogenated alkanes) is 13. The van der Waals surface area contributed by atoms with Crippen LogP contribution in [0, 0.1) is 11.5 Å². The van der Waals surface area contributed by atoms with Gasteiger partial charge < -0.3 is 5.11 Å². The summed E-state index contributed by atoms with van der Waals surface area (Å²) in [6.07, 6.45) is 18.0. The molecular weight excluding hydrogens is 312 g/mol. The summed E-state index contributed by atoms with van der Waals surface area (Å²) >= 11 is 0. The van der Waals surface area contributed by atoms with Crippen molar-refractivity contribution in [3.05, 3.63) is 0 Å². The molecule has 0 aliphatic heterocycles. The average Bonchev–Trinajstić information content (AvgIpc) is 2.49. The van der Waals surface area contributed by atoms with Gasteiger partial charge in [-0.25, -0.2) is 0 Å². The maximum atomic E-state index is 10.4. The number of rotatable bonds is 15. The zero-order chi connectivity index (χ0) is 18.1.